The number of rotatable bonds is 7. The first-order valence-corrected chi connectivity index (χ1v) is 11.4. The fraction of sp³-hybridized carbons (Fsp3) is 0.320. The zero-order chi connectivity index (χ0) is 23.8. The minimum Gasteiger partial charge on any atom is -0.368 e. The monoisotopic (exact) mass is 456 g/mol. The highest BCUT2D eigenvalue weighted by molar-refractivity contribution is 5.93. The maximum absolute atomic E-state index is 12.9. The van der Waals surface area contributed by atoms with Gasteiger partial charge in [-0.15, -0.1) is 5.10 Å². The zero-order valence-corrected chi connectivity index (χ0v) is 19.8. The van der Waals surface area contributed by atoms with Crippen LogP contribution in [0.1, 0.15) is 52.0 Å². The summed E-state index contributed by atoms with van der Waals surface area (Å²) < 4.78 is 3.70. The second-order valence-electron chi connectivity index (χ2n) is 8.77. The standard InChI is InChI=1S/C25H28N8O/c1-15-13-20(11-12-26-15)27-14-28-25(34)23-24(19-5-6-19)33(31-29-23)21-9-7-18(8-10-21)22-16(2)30-32(4)17(22)3/h7-13,19H,5-6,14H2,1-4H3,(H,26,27)(H,28,34). The van der Waals surface area contributed by atoms with Crippen molar-refractivity contribution in [2.75, 3.05) is 12.0 Å². The quantitative estimate of drug-likeness (QED) is 0.412. The van der Waals surface area contributed by atoms with Gasteiger partial charge >= 0.3 is 0 Å². The number of aryl methyl sites for hydroxylation is 3. The molecule has 0 bridgehead atoms. The third-order valence-corrected chi connectivity index (χ3v) is 6.23. The van der Waals surface area contributed by atoms with Gasteiger partial charge in [0.25, 0.3) is 5.91 Å². The van der Waals surface area contributed by atoms with Crippen LogP contribution < -0.4 is 10.6 Å². The van der Waals surface area contributed by atoms with Gasteiger partial charge in [-0.1, -0.05) is 17.3 Å². The summed E-state index contributed by atoms with van der Waals surface area (Å²) in [7, 11) is 1.96. The number of pyridine rings is 1. The van der Waals surface area contributed by atoms with Gasteiger partial charge in [0.2, 0.25) is 0 Å². The normalized spacial score (nSPS) is 13.2. The van der Waals surface area contributed by atoms with Crippen LogP contribution in [-0.2, 0) is 7.05 Å². The highest BCUT2D eigenvalue weighted by Crippen LogP contribution is 2.42. The Balaban J connectivity index is 1.35. The number of benzene rings is 1. The van der Waals surface area contributed by atoms with Crippen molar-refractivity contribution in [1.29, 1.82) is 0 Å². The SMILES string of the molecule is Cc1cc(NCNC(=O)c2nnn(-c3ccc(-c4c(C)nn(C)c4C)cc3)c2C2CC2)ccn1. The lowest BCUT2D eigenvalue weighted by Gasteiger charge is -2.10. The number of carbonyl (C=O) groups is 1. The number of carbonyl (C=O) groups excluding carboxylic acids is 1. The lowest BCUT2D eigenvalue weighted by molar-refractivity contribution is 0.0950. The molecule has 1 aliphatic rings. The predicted molar refractivity (Wildman–Crippen MR) is 130 cm³/mol. The molecule has 1 aromatic carbocycles. The number of nitrogens with one attached hydrogen (secondary N) is 2. The molecule has 5 rings (SSSR count). The van der Waals surface area contributed by atoms with Crippen LogP contribution in [0.5, 0.6) is 0 Å². The molecule has 2 N–H and O–H groups in total. The van der Waals surface area contributed by atoms with Crippen molar-refractivity contribution in [3.05, 3.63) is 71.1 Å². The van der Waals surface area contributed by atoms with Crippen LogP contribution in [0.15, 0.2) is 42.6 Å². The van der Waals surface area contributed by atoms with Gasteiger partial charge in [0.1, 0.15) is 0 Å². The van der Waals surface area contributed by atoms with Crippen molar-refractivity contribution in [3.63, 3.8) is 0 Å². The molecule has 9 heteroatoms. The molecule has 9 nitrogen and oxygen atoms in total. The summed E-state index contributed by atoms with van der Waals surface area (Å²) in [5, 5.41) is 19.2. The Morgan fingerprint density at radius 3 is 2.53 bits per heavy atom. The van der Waals surface area contributed by atoms with Gasteiger partial charge < -0.3 is 10.6 Å². The van der Waals surface area contributed by atoms with E-state index in [4.69, 9.17) is 0 Å². The molecule has 0 spiro atoms. The number of aromatic nitrogens is 6. The molecule has 1 saturated carbocycles. The van der Waals surface area contributed by atoms with Crippen LogP contribution in [0.3, 0.4) is 0 Å². The summed E-state index contributed by atoms with van der Waals surface area (Å²) in [5.74, 6) is 0.0682. The average Bonchev–Trinajstić information content (AvgIpc) is 3.50. The fourth-order valence-corrected chi connectivity index (χ4v) is 4.29. The summed E-state index contributed by atoms with van der Waals surface area (Å²) in [6.07, 6.45) is 3.81. The van der Waals surface area contributed by atoms with Crippen molar-refractivity contribution in [3.8, 4) is 16.8 Å². The van der Waals surface area contributed by atoms with E-state index in [1.54, 1.807) is 10.9 Å². The van der Waals surface area contributed by atoms with E-state index in [-0.39, 0.29) is 12.6 Å². The molecule has 1 aliphatic carbocycles. The van der Waals surface area contributed by atoms with Gasteiger partial charge in [0.05, 0.1) is 23.7 Å². The Labute approximate surface area is 198 Å². The number of nitrogens with zero attached hydrogens (tertiary/aromatic N) is 6. The van der Waals surface area contributed by atoms with Crippen molar-refractivity contribution in [2.45, 2.75) is 39.5 Å². The van der Waals surface area contributed by atoms with Gasteiger partial charge in [-0.05, 0) is 63.4 Å². The maximum atomic E-state index is 12.9. The molecule has 1 amide bonds. The summed E-state index contributed by atoms with van der Waals surface area (Å²) in [4.78, 5) is 17.1. The first-order valence-electron chi connectivity index (χ1n) is 11.4. The molecule has 3 aromatic heterocycles. The van der Waals surface area contributed by atoms with Crippen LogP contribution >= 0.6 is 0 Å². The minimum absolute atomic E-state index is 0.232. The fourth-order valence-electron chi connectivity index (χ4n) is 4.29. The summed E-state index contributed by atoms with van der Waals surface area (Å²) >= 11 is 0. The zero-order valence-electron chi connectivity index (χ0n) is 19.8. The van der Waals surface area contributed by atoms with E-state index in [1.807, 2.05) is 49.8 Å². The lowest BCUT2D eigenvalue weighted by atomic mass is 10.0. The van der Waals surface area contributed by atoms with E-state index in [2.05, 4.69) is 50.1 Å². The molecule has 4 aromatic rings. The first-order chi connectivity index (χ1) is 16.4. The van der Waals surface area contributed by atoms with Gasteiger partial charge in [-0.2, -0.15) is 5.10 Å². The van der Waals surface area contributed by atoms with Crippen molar-refractivity contribution in [2.24, 2.45) is 7.05 Å². The molecular formula is C25H28N8O. The average molecular weight is 457 g/mol. The van der Waals surface area contributed by atoms with Gasteiger partial charge in [0.15, 0.2) is 5.69 Å². The van der Waals surface area contributed by atoms with E-state index >= 15 is 0 Å². The molecule has 1 fully saturated rings. The Hall–Kier alpha value is -4.01. The van der Waals surface area contributed by atoms with Crippen molar-refractivity contribution < 1.29 is 4.79 Å². The van der Waals surface area contributed by atoms with E-state index in [0.717, 1.165) is 58.1 Å². The topological polar surface area (TPSA) is 103 Å². The lowest BCUT2D eigenvalue weighted by Crippen LogP contribution is -2.30. The van der Waals surface area contributed by atoms with Crippen LogP contribution in [0.25, 0.3) is 16.8 Å². The molecule has 0 saturated heterocycles. The van der Waals surface area contributed by atoms with Crippen LogP contribution in [-0.4, -0.2) is 42.3 Å². The first kappa shape index (κ1) is 21.8. The largest absolute Gasteiger partial charge is 0.368 e. The Kier molecular flexibility index (Phi) is 5.61. The summed E-state index contributed by atoms with van der Waals surface area (Å²) in [6, 6.07) is 12.0. The number of anilines is 1. The van der Waals surface area contributed by atoms with Crippen LogP contribution in [0.4, 0.5) is 5.69 Å². The molecule has 174 valence electrons. The maximum Gasteiger partial charge on any atom is 0.275 e. The predicted octanol–water partition coefficient (Wildman–Crippen LogP) is 3.66. The summed E-state index contributed by atoms with van der Waals surface area (Å²) in [5.41, 5.74) is 8.34. The minimum atomic E-state index is -0.232. The van der Waals surface area contributed by atoms with E-state index in [1.165, 1.54) is 0 Å². The number of hydrogen-bond acceptors (Lipinski definition) is 6. The van der Waals surface area contributed by atoms with Crippen molar-refractivity contribution in [1.82, 2.24) is 35.1 Å². The smallest absolute Gasteiger partial charge is 0.275 e. The second kappa shape index (κ2) is 8.74. The molecular weight excluding hydrogens is 428 g/mol. The van der Waals surface area contributed by atoms with E-state index < -0.39 is 0 Å². The van der Waals surface area contributed by atoms with E-state index in [9.17, 15) is 4.79 Å². The molecule has 0 atom stereocenters. The molecule has 0 radical (unpaired) electrons. The molecule has 0 aliphatic heterocycles. The number of hydrogen-bond donors (Lipinski definition) is 2. The molecule has 34 heavy (non-hydrogen) atoms. The van der Waals surface area contributed by atoms with E-state index in [0.29, 0.717) is 11.6 Å². The molecule has 0 unspecified atom stereocenters. The Bertz CT molecular complexity index is 1350. The van der Waals surface area contributed by atoms with Gasteiger partial charge in [-0.3, -0.25) is 14.5 Å². The molecule has 3 heterocycles. The van der Waals surface area contributed by atoms with Crippen LogP contribution in [0, 0.1) is 20.8 Å². The number of amides is 1. The third-order valence-electron chi connectivity index (χ3n) is 6.23. The van der Waals surface area contributed by atoms with Gasteiger partial charge in [0, 0.05) is 41.8 Å². The highest BCUT2D eigenvalue weighted by atomic mass is 16.2. The Morgan fingerprint density at radius 2 is 1.88 bits per heavy atom. The highest BCUT2D eigenvalue weighted by Gasteiger charge is 2.34. The Morgan fingerprint density at radius 1 is 1.12 bits per heavy atom. The van der Waals surface area contributed by atoms with Gasteiger partial charge in [-0.25, -0.2) is 4.68 Å². The van der Waals surface area contributed by atoms with Crippen LogP contribution in [0.2, 0.25) is 0 Å². The third kappa shape index (κ3) is 4.16. The second-order valence-corrected chi connectivity index (χ2v) is 8.77. The summed E-state index contributed by atoms with van der Waals surface area (Å²) in [6.45, 7) is 6.31. The van der Waals surface area contributed by atoms with Crippen molar-refractivity contribution >= 4 is 11.6 Å².